The van der Waals surface area contributed by atoms with Crippen LogP contribution in [0, 0.1) is 6.92 Å². The average molecular weight is 471 g/mol. The molecule has 1 aliphatic heterocycles. The number of benzene rings is 1. The van der Waals surface area contributed by atoms with Gasteiger partial charge in [-0.15, -0.1) is 10.2 Å². The van der Waals surface area contributed by atoms with Crippen molar-refractivity contribution in [3.63, 3.8) is 0 Å². The molecule has 0 aliphatic carbocycles. The molecule has 11 nitrogen and oxygen atoms in total. The van der Waals surface area contributed by atoms with E-state index in [9.17, 15) is 14.4 Å². The lowest BCUT2D eigenvalue weighted by molar-refractivity contribution is 0.0919. The topological polar surface area (TPSA) is 140 Å². The Morgan fingerprint density at radius 3 is 2.70 bits per heavy atom. The lowest BCUT2D eigenvalue weighted by Crippen LogP contribution is -2.31. The van der Waals surface area contributed by atoms with E-state index in [1.165, 1.54) is 7.05 Å². The van der Waals surface area contributed by atoms with Gasteiger partial charge in [-0.25, -0.2) is 9.78 Å². The molecule has 1 saturated heterocycles. The molecule has 0 saturated carbocycles. The quantitative estimate of drug-likeness (QED) is 0.560. The van der Waals surface area contributed by atoms with Crippen LogP contribution >= 0.6 is 11.3 Å². The van der Waals surface area contributed by atoms with Gasteiger partial charge in [0.1, 0.15) is 16.6 Å². The van der Waals surface area contributed by atoms with Crippen molar-refractivity contribution in [1.82, 2.24) is 25.4 Å². The minimum Gasteiger partial charge on any atom is -0.445 e. The first-order valence-electron chi connectivity index (χ1n) is 10.3. The summed E-state index contributed by atoms with van der Waals surface area (Å²) in [6.07, 6.45) is 0.977. The van der Waals surface area contributed by atoms with Crippen LogP contribution in [-0.2, 0) is 11.3 Å². The van der Waals surface area contributed by atoms with E-state index in [4.69, 9.17) is 9.15 Å². The summed E-state index contributed by atoms with van der Waals surface area (Å²) in [4.78, 5) is 43.6. The van der Waals surface area contributed by atoms with Gasteiger partial charge in [-0.1, -0.05) is 41.7 Å². The molecule has 3 amide bonds. The summed E-state index contributed by atoms with van der Waals surface area (Å²) in [5.74, 6) is -1.10. The summed E-state index contributed by atoms with van der Waals surface area (Å²) in [6, 6.07) is 9.05. The summed E-state index contributed by atoms with van der Waals surface area (Å²) in [5, 5.41) is 13.2. The van der Waals surface area contributed by atoms with E-state index in [1.54, 1.807) is 11.8 Å². The Bertz CT molecular complexity index is 1160. The molecule has 1 aliphatic rings. The van der Waals surface area contributed by atoms with Gasteiger partial charge in [0.2, 0.25) is 5.89 Å². The maximum Gasteiger partial charge on any atom is 0.410 e. The molecule has 1 aromatic carbocycles. The average Bonchev–Trinajstić information content (AvgIpc) is 3.57. The highest BCUT2D eigenvalue weighted by molar-refractivity contribution is 7.16. The maximum atomic E-state index is 12.8. The molecule has 0 bridgehead atoms. The number of likely N-dealkylation sites (tertiary alicyclic amines) is 1. The zero-order valence-corrected chi connectivity index (χ0v) is 18.8. The molecule has 172 valence electrons. The predicted octanol–water partition coefficient (Wildman–Crippen LogP) is 2.92. The first-order chi connectivity index (χ1) is 16.0. The van der Waals surface area contributed by atoms with E-state index in [0.717, 1.165) is 23.3 Å². The van der Waals surface area contributed by atoms with E-state index in [2.05, 4.69) is 25.8 Å². The van der Waals surface area contributed by atoms with Crippen molar-refractivity contribution < 1.29 is 23.5 Å². The van der Waals surface area contributed by atoms with Crippen molar-refractivity contribution >= 4 is 34.2 Å². The fraction of sp³-hybridized carbons (Fsp3) is 0.333. The number of nitrogens with one attached hydrogen (secondary N) is 2. The molecule has 1 atom stereocenters. The molecule has 0 radical (unpaired) electrons. The molecule has 1 fully saturated rings. The summed E-state index contributed by atoms with van der Waals surface area (Å²) in [7, 11) is 1.47. The van der Waals surface area contributed by atoms with Crippen LogP contribution in [0.25, 0.3) is 0 Å². The minimum atomic E-state index is -0.651. The highest BCUT2D eigenvalue weighted by Gasteiger charge is 2.35. The smallest absolute Gasteiger partial charge is 0.410 e. The van der Waals surface area contributed by atoms with E-state index in [-0.39, 0.29) is 35.1 Å². The number of thiazole rings is 1. The fourth-order valence-corrected chi connectivity index (χ4v) is 4.53. The van der Waals surface area contributed by atoms with Gasteiger partial charge in [0.15, 0.2) is 5.69 Å². The highest BCUT2D eigenvalue weighted by atomic mass is 32.1. The van der Waals surface area contributed by atoms with Crippen LogP contribution in [-0.4, -0.2) is 51.6 Å². The Morgan fingerprint density at radius 1 is 1.21 bits per heavy atom. The molecule has 33 heavy (non-hydrogen) atoms. The second-order valence-electron chi connectivity index (χ2n) is 7.28. The van der Waals surface area contributed by atoms with Crippen LogP contribution in [0.1, 0.15) is 56.5 Å². The third-order valence-corrected chi connectivity index (χ3v) is 6.08. The summed E-state index contributed by atoms with van der Waals surface area (Å²) >= 11 is 1.12. The van der Waals surface area contributed by atoms with Crippen molar-refractivity contribution in [3.8, 4) is 0 Å². The minimum absolute atomic E-state index is 0.0478. The van der Waals surface area contributed by atoms with Crippen LogP contribution in [0.3, 0.4) is 0 Å². The molecule has 12 heteroatoms. The Balaban J connectivity index is 1.52. The molecule has 3 aromatic rings. The number of carbonyl (C=O) groups excluding carboxylic acids is 3. The molecule has 0 spiro atoms. The molecular formula is C21H22N6O5S. The van der Waals surface area contributed by atoms with Crippen LogP contribution in [0.5, 0.6) is 0 Å². The van der Waals surface area contributed by atoms with Gasteiger partial charge < -0.3 is 19.8 Å². The van der Waals surface area contributed by atoms with Gasteiger partial charge in [-0.2, -0.15) is 0 Å². The number of nitrogens with zero attached hydrogens (tertiary/aromatic N) is 4. The molecule has 3 heterocycles. The Kier molecular flexibility index (Phi) is 6.63. The molecule has 2 aromatic heterocycles. The second kappa shape index (κ2) is 9.77. The Labute approximate surface area is 193 Å². The SMILES string of the molecule is CNC(=O)c1nc([C@H]2CCCN2C(=O)OCc2ccccc2)sc1NC(=O)c1nnc(C)o1. The predicted molar refractivity (Wildman–Crippen MR) is 118 cm³/mol. The number of rotatable bonds is 6. The number of ether oxygens (including phenoxy) is 1. The monoisotopic (exact) mass is 470 g/mol. The van der Waals surface area contributed by atoms with Crippen LogP contribution in [0.15, 0.2) is 34.7 Å². The Hall–Kier alpha value is -3.80. The van der Waals surface area contributed by atoms with Gasteiger partial charge in [0.25, 0.3) is 5.91 Å². The third-order valence-electron chi connectivity index (χ3n) is 5.01. The zero-order chi connectivity index (χ0) is 23.4. The van der Waals surface area contributed by atoms with Crippen molar-refractivity contribution in [2.24, 2.45) is 0 Å². The van der Waals surface area contributed by atoms with Crippen LogP contribution in [0.2, 0.25) is 0 Å². The number of hydrogen-bond acceptors (Lipinski definition) is 9. The van der Waals surface area contributed by atoms with Gasteiger partial charge in [-0.3, -0.25) is 14.5 Å². The van der Waals surface area contributed by atoms with Crippen molar-refractivity contribution in [2.45, 2.75) is 32.4 Å². The number of carbonyl (C=O) groups is 3. The van der Waals surface area contributed by atoms with Crippen molar-refractivity contribution in [3.05, 3.63) is 58.4 Å². The summed E-state index contributed by atoms with van der Waals surface area (Å²) < 4.78 is 10.6. The number of aromatic nitrogens is 3. The Morgan fingerprint density at radius 2 is 2.00 bits per heavy atom. The van der Waals surface area contributed by atoms with E-state index in [0.29, 0.717) is 18.0 Å². The van der Waals surface area contributed by atoms with Crippen molar-refractivity contribution in [2.75, 3.05) is 18.9 Å². The van der Waals surface area contributed by atoms with Crippen LogP contribution in [0.4, 0.5) is 9.80 Å². The first kappa shape index (κ1) is 22.4. The summed E-state index contributed by atoms with van der Waals surface area (Å²) in [6.45, 7) is 2.24. The van der Waals surface area contributed by atoms with Gasteiger partial charge in [0.05, 0.1) is 6.04 Å². The molecule has 4 rings (SSSR count). The first-order valence-corrected chi connectivity index (χ1v) is 11.1. The summed E-state index contributed by atoms with van der Waals surface area (Å²) in [5.41, 5.74) is 0.936. The van der Waals surface area contributed by atoms with Gasteiger partial charge in [0, 0.05) is 20.5 Å². The standard InChI is InChI=1S/C21H22N6O5S/c1-12-25-26-18(32-12)17(29)24-20-15(16(28)22-2)23-19(33-20)14-9-6-10-27(14)21(30)31-11-13-7-4-3-5-8-13/h3-5,7-8,14H,6,9-11H2,1-2H3,(H,22,28)(H,24,29)/t14-/m1/s1. The molecule has 0 unspecified atom stereocenters. The van der Waals surface area contributed by atoms with E-state index >= 15 is 0 Å². The molecular weight excluding hydrogens is 448 g/mol. The van der Waals surface area contributed by atoms with E-state index < -0.39 is 17.9 Å². The van der Waals surface area contributed by atoms with Crippen LogP contribution < -0.4 is 10.6 Å². The van der Waals surface area contributed by atoms with Crippen molar-refractivity contribution in [1.29, 1.82) is 0 Å². The van der Waals surface area contributed by atoms with Gasteiger partial charge >= 0.3 is 17.9 Å². The second-order valence-corrected chi connectivity index (χ2v) is 8.31. The number of amides is 3. The normalized spacial score (nSPS) is 15.3. The van der Waals surface area contributed by atoms with Gasteiger partial charge in [-0.05, 0) is 18.4 Å². The molecule has 2 N–H and O–H groups in total. The number of hydrogen-bond donors (Lipinski definition) is 2. The third kappa shape index (κ3) is 5.00. The number of anilines is 1. The van der Waals surface area contributed by atoms with E-state index in [1.807, 2.05) is 30.3 Å². The fourth-order valence-electron chi connectivity index (χ4n) is 3.43. The maximum absolute atomic E-state index is 12.8. The largest absolute Gasteiger partial charge is 0.445 e. The lowest BCUT2D eigenvalue weighted by atomic mass is 10.2. The number of aryl methyl sites for hydroxylation is 1. The zero-order valence-electron chi connectivity index (χ0n) is 18.0. The lowest BCUT2D eigenvalue weighted by Gasteiger charge is -2.22. The highest BCUT2D eigenvalue weighted by Crippen LogP contribution is 2.38.